The van der Waals surface area contributed by atoms with Crippen molar-refractivity contribution in [3.63, 3.8) is 0 Å². The van der Waals surface area contributed by atoms with Crippen LogP contribution in [0.2, 0.25) is 0 Å². The third kappa shape index (κ3) is 4.48. The highest BCUT2D eigenvalue weighted by Gasteiger charge is 2.22. The summed E-state index contributed by atoms with van der Waals surface area (Å²) >= 11 is 0. The van der Waals surface area contributed by atoms with Crippen LogP contribution in [0.15, 0.2) is 24.3 Å². The number of benzene rings is 1. The van der Waals surface area contributed by atoms with Gasteiger partial charge in [0.2, 0.25) is 5.78 Å². The van der Waals surface area contributed by atoms with Gasteiger partial charge in [-0.2, -0.15) is 0 Å². The lowest BCUT2D eigenvalue weighted by molar-refractivity contribution is 0.0474. The number of rotatable bonds is 6. The fraction of sp³-hybridized carbons (Fsp3) is 0.455. The quantitative estimate of drug-likeness (QED) is 0.572. The first-order valence-electron chi connectivity index (χ1n) is 9.42. The number of esters is 1. The molecule has 0 amide bonds. The average Bonchev–Trinajstić information content (AvgIpc) is 3.22. The molecule has 1 fully saturated rings. The van der Waals surface area contributed by atoms with Crippen molar-refractivity contribution < 1.29 is 19.1 Å². The molecule has 1 aliphatic rings. The molecule has 27 heavy (non-hydrogen) atoms. The topological polar surface area (TPSA) is 57.5 Å². The molecular formula is C22H27NO4. The minimum absolute atomic E-state index is 0.181. The molecule has 5 heteroatoms. The van der Waals surface area contributed by atoms with Gasteiger partial charge in [0.1, 0.15) is 0 Å². The van der Waals surface area contributed by atoms with E-state index in [1.165, 1.54) is 0 Å². The Morgan fingerprint density at radius 3 is 2.44 bits per heavy atom. The van der Waals surface area contributed by atoms with Crippen LogP contribution in [0.4, 0.5) is 0 Å². The highest BCUT2D eigenvalue weighted by atomic mass is 16.5. The Morgan fingerprint density at radius 1 is 1.11 bits per heavy atom. The molecule has 0 bridgehead atoms. The molecule has 0 unspecified atom stereocenters. The number of aryl methyl sites for hydroxylation is 3. The Bertz CT molecular complexity index is 839. The van der Waals surface area contributed by atoms with E-state index in [0.29, 0.717) is 11.1 Å². The van der Waals surface area contributed by atoms with Crippen LogP contribution in [0.3, 0.4) is 0 Å². The number of hydrogen-bond acceptors (Lipinski definition) is 4. The van der Waals surface area contributed by atoms with Crippen LogP contribution in [0, 0.1) is 27.7 Å². The summed E-state index contributed by atoms with van der Waals surface area (Å²) in [4.78, 5) is 24.9. The van der Waals surface area contributed by atoms with Gasteiger partial charge in [-0.3, -0.25) is 4.79 Å². The minimum atomic E-state index is -0.469. The van der Waals surface area contributed by atoms with Crippen LogP contribution in [-0.2, 0) is 16.0 Å². The maximum Gasteiger partial charge on any atom is 0.338 e. The van der Waals surface area contributed by atoms with Crippen LogP contribution in [-0.4, -0.2) is 35.6 Å². The van der Waals surface area contributed by atoms with Crippen LogP contribution < -0.4 is 0 Å². The smallest absolute Gasteiger partial charge is 0.338 e. The second-order valence-electron chi connectivity index (χ2n) is 7.41. The van der Waals surface area contributed by atoms with Crippen molar-refractivity contribution in [1.29, 1.82) is 0 Å². The number of hydrogen-bond donors (Lipinski definition) is 0. The Morgan fingerprint density at radius 2 is 1.81 bits per heavy atom. The lowest BCUT2D eigenvalue weighted by Crippen LogP contribution is -2.18. The fourth-order valence-electron chi connectivity index (χ4n) is 3.74. The molecule has 1 aromatic carbocycles. The molecular weight excluding hydrogens is 342 g/mol. The van der Waals surface area contributed by atoms with Crippen molar-refractivity contribution in [2.75, 3.05) is 13.2 Å². The van der Waals surface area contributed by atoms with Crippen molar-refractivity contribution >= 4 is 11.8 Å². The summed E-state index contributed by atoms with van der Waals surface area (Å²) in [7, 11) is 0. The Kier molecular flexibility index (Phi) is 5.80. The first-order chi connectivity index (χ1) is 12.8. The van der Waals surface area contributed by atoms with E-state index in [4.69, 9.17) is 9.47 Å². The highest BCUT2D eigenvalue weighted by Crippen LogP contribution is 2.21. The first-order valence-corrected chi connectivity index (χ1v) is 9.42. The molecule has 0 saturated carbocycles. The first kappa shape index (κ1) is 19.4. The maximum atomic E-state index is 12.6. The Balaban J connectivity index is 1.66. The summed E-state index contributed by atoms with van der Waals surface area (Å²) in [6.45, 7) is 9.09. The molecule has 0 aliphatic carbocycles. The zero-order valence-corrected chi connectivity index (χ0v) is 16.5. The van der Waals surface area contributed by atoms with Crippen molar-refractivity contribution in [2.24, 2.45) is 0 Å². The average molecular weight is 369 g/mol. The van der Waals surface area contributed by atoms with Gasteiger partial charge in [0, 0.05) is 30.1 Å². The SMILES string of the molecule is Cc1cc(C)cc(C(=O)OCC(=O)c2cc(C)n(C[C@@H]3CCCO3)c2C)c1. The molecule has 3 rings (SSSR count). The predicted octanol–water partition coefficient (Wildman–Crippen LogP) is 3.94. The van der Waals surface area contributed by atoms with Gasteiger partial charge < -0.3 is 14.0 Å². The largest absolute Gasteiger partial charge is 0.454 e. The number of ketones is 1. The maximum absolute atomic E-state index is 12.6. The van der Waals surface area contributed by atoms with Gasteiger partial charge in [-0.25, -0.2) is 4.79 Å². The lowest BCUT2D eigenvalue weighted by Gasteiger charge is -2.14. The molecule has 0 N–H and O–H groups in total. The van der Waals surface area contributed by atoms with Gasteiger partial charge in [0.15, 0.2) is 6.61 Å². The van der Waals surface area contributed by atoms with Gasteiger partial charge >= 0.3 is 5.97 Å². The fourth-order valence-corrected chi connectivity index (χ4v) is 3.74. The molecule has 0 radical (unpaired) electrons. The van der Waals surface area contributed by atoms with Gasteiger partial charge in [-0.05, 0) is 58.7 Å². The zero-order valence-electron chi connectivity index (χ0n) is 16.5. The summed E-state index contributed by atoms with van der Waals surface area (Å²) in [5.41, 5.74) is 4.99. The van der Waals surface area contributed by atoms with E-state index in [-0.39, 0.29) is 18.5 Å². The Labute approximate surface area is 160 Å². The van der Waals surface area contributed by atoms with Gasteiger partial charge in [0.05, 0.1) is 11.7 Å². The predicted molar refractivity (Wildman–Crippen MR) is 103 cm³/mol. The number of carbonyl (C=O) groups is 2. The van der Waals surface area contributed by atoms with Gasteiger partial charge in [0.25, 0.3) is 0 Å². The summed E-state index contributed by atoms with van der Waals surface area (Å²) in [6.07, 6.45) is 2.35. The molecule has 5 nitrogen and oxygen atoms in total. The van der Waals surface area contributed by atoms with Crippen molar-refractivity contribution in [3.05, 3.63) is 57.9 Å². The Hall–Kier alpha value is -2.40. The number of aromatic nitrogens is 1. The standard InChI is InChI=1S/C22H27NO4/c1-14-8-15(2)10-18(9-14)22(25)27-13-21(24)20-11-16(3)23(17(20)4)12-19-6-5-7-26-19/h8-11,19H,5-7,12-13H2,1-4H3/t19-/m0/s1. The van der Waals surface area contributed by atoms with E-state index in [2.05, 4.69) is 4.57 Å². The number of carbonyl (C=O) groups excluding carboxylic acids is 2. The van der Waals surface area contributed by atoms with Crippen LogP contribution >= 0.6 is 0 Å². The summed E-state index contributed by atoms with van der Waals surface area (Å²) in [5, 5.41) is 0. The van der Waals surface area contributed by atoms with Crippen molar-refractivity contribution in [3.8, 4) is 0 Å². The van der Waals surface area contributed by atoms with Crippen LogP contribution in [0.1, 0.15) is 56.1 Å². The highest BCUT2D eigenvalue weighted by molar-refractivity contribution is 6.00. The van der Waals surface area contributed by atoms with Gasteiger partial charge in [-0.1, -0.05) is 17.2 Å². The summed E-state index contributed by atoms with van der Waals surface area (Å²) < 4.78 is 13.1. The second kappa shape index (κ2) is 8.09. The minimum Gasteiger partial charge on any atom is -0.454 e. The molecule has 0 spiro atoms. The number of ether oxygens (including phenoxy) is 2. The molecule has 144 valence electrons. The molecule has 1 saturated heterocycles. The van der Waals surface area contributed by atoms with E-state index in [0.717, 1.165) is 48.5 Å². The van der Waals surface area contributed by atoms with Crippen LogP contribution in [0.25, 0.3) is 0 Å². The summed E-state index contributed by atoms with van der Waals surface area (Å²) in [6, 6.07) is 7.41. The van der Waals surface area contributed by atoms with E-state index in [1.807, 2.05) is 39.8 Å². The van der Waals surface area contributed by atoms with Gasteiger partial charge in [-0.15, -0.1) is 0 Å². The second-order valence-corrected chi connectivity index (χ2v) is 7.41. The summed E-state index contributed by atoms with van der Waals surface area (Å²) in [5.74, 6) is -0.650. The third-order valence-electron chi connectivity index (χ3n) is 5.08. The van der Waals surface area contributed by atoms with E-state index >= 15 is 0 Å². The zero-order chi connectivity index (χ0) is 19.6. The molecule has 2 heterocycles. The van der Waals surface area contributed by atoms with E-state index in [9.17, 15) is 9.59 Å². The lowest BCUT2D eigenvalue weighted by atomic mass is 10.1. The molecule has 1 aromatic heterocycles. The third-order valence-corrected chi connectivity index (χ3v) is 5.08. The monoisotopic (exact) mass is 369 g/mol. The van der Waals surface area contributed by atoms with E-state index in [1.54, 1.807) is 12.1 Å². The van der Waals surface area contributed by atoms with E-state index < -0.39 is 5.97 Å². The number of nitrogens with zero attached hydrogens (tertiary/aromatic N) is 1. The molecule has 1 atom stereocenters. The van der Waals surface area contributed by atoms with Crippen molar-refractivity contribution in [1.82, 2.24) is 4.57 Å². The van der Waals surface area contributed by atoms with Crippen molar-refractivity contribution in [2.45, 2.75) is 53.2 Å². The molecule has 2 aromatic rings. The molecule has 1 aliphatic heterocycles. The van der Waals surface area contributed by atoms with Crippen LogP contribution in [0.5, 0.6) is 0 Å². The normalized spacial score (nSPS) is 16.5. The number of Topliss-reactive ketones (excluding diaryl/α,β-unsaturated/α-hetero) is 1.